The van der Waals surface area contributed by atoms with Crippen molar-refractivity contribution < 1.29 is 24.5 Å². The van der Waals surface area contributed by atoms with E-state index >= 15 is 0 Å². The van der Waals surface area contributed by atoms with Gasteiger partial charge in [-0.05, 0) is 62.3 Å². The Morgan fingerprint density at radius 1 is 1.00 bits per heavy atom. The number of aromatic nitrogens is 4. The van der Waals surface area contributed by atoms with E-state index in [2.05, 4.69) is 58.8 Å². The van der Waals surface area contributed by atoms with Crippen LogP contribution in [-0.2, 0) is 4.79 Å². The zero-order chi connectivity index (χ0) is 33.9. The number of carbonyl (C=O) groups is 1. The molecule has 1 aliphatic carbocycles. The molecule has 4 aromatic rings. The Kier molecular flexibility index (Phi) is 9.99. The molecule has 2 aromatic carbocycles. The van der Waals surface area contributed by atoms with Crippen molar-refractivity contribution in [3.63, 3.8) is 0 Å². The standard InChI is InChI=1S/C35H46N8O5/c1-6-29(44)38-27-17-28(32(46)31(27)45)43-20-37-30-33(39-35(40-34(30)43)42-16-15-23(19-42)41(2)3)36-18-26(21-7-11-24(47-4)12-8-21)22-9-13-25(48-5)14-10-22/h7-14,20,23,26-28,31-32,45-46H,6,15-19H2,1-5H3,(H,38,44)(H,36,39,40)/t23-,27+,28-,31-,32+/m1/s1. The minimum Gasteiger partial charge on any atom is -0.497 e. The van der Waals surface area contributed by atoms with Crippen LogP contribution in [0.4, 0.5) is 11.8 Å². The summed E-state index contributed by atoms with van der Waals surface area (Å²) >= 11 is 0. The van der Waals surface area contributed by atoms with Gasteiger partial charge in [0.05, 0.1) is 32.6 Å². The first-order valence-corrected chi connectivity index (χ1v) is 16.5. The van der Waals surface area contributed by atoms with Crippen molar-refractivity contribution in [3.8, 4) is 11.5 Å². The molecular weight excluding hydrogens is 612 g/mol. The quantitative estimate of drug-likeness (QED) is 0.178. The Balaban J connectivity index is 1.37. The molecule has 2 aromatic heterocycles. The highest BCUT2D eigenvalue weighted by Crippen LogP contribution is 2.36. The topological polar surface area (TPSA) is 150 Å². The molecule has 48 heavy (non-hydrogen) atoms. The van der Waals surface area contributed by atoms with Gasteiger partial charge in [-0.15, -0.1) is 0 Å². The Bertz CT molecular complexity index is 1650. The second-order valence-corrected chi connectivity index (χ2v) is 12.8. The van der Waals surface area contributed by atoms with E-state index < -0.39 is 24.3 Å². The molecule has 1 aliphatic heterocycles. The number of likely N-dealkylation sites (N-methyl/N-ethyl adjacent to an activating group) is 1. The first-order valence-electron chi connectivity index (χ1n) is 16.5. The van der Waals surface area contributed by atoms with Gasteiger partial charge in [0.1, 0.15) is 23.7 Å². The van der Waals surface area contributed by atoms with Gasteiger partial charge in [-0.1, -0.05) is 31.2 Å². The third-order valence-electron chi connectivity index (χ3n) is 9.77. The van der Waals surface area contributed by atoms with Crippen LogP contribution in [0.5, 0.6) is 11.5 Å². The van der Waals surface area contributed by atoms with Crippen LogP contribution in [0.1, 0.15) is 49.3 Å². The van der Waals surface area contributed by atoms with Crippen LogP contribution in [0, 0.1) is 0 Å². The van der Waals surface area contributed by atoms with Crippen LogP contribution < -0.4 is 25.0 Å². The number of amides is 1. The monoisotopic (exact) mass is 658 g/mol. The normalized spacial score (nSPS) is 22.5. The summed E-state index contributed by atoms with van der Waals surface area (Å²) in [6, 6.07) is 15.4. The maximum Gasteiger partial charge on any atom is 0.229 e. The zero-order valence-electron chi connectivity index (χ0n) is 28.2. The lowest BCUT2D eigenvalue weighted by molar-refractivity contribution is -0.122. The largest absolute Gasteiger partial charge is 0.497 e. The van der Waals surface area contributed by atoms with Crippen LogP contribution in [0.3, 0.4) is 0 Å². The van der Waals surface area contributed by atoms with Gasteiger partial charge in [0, 0.05) is 38.0 Å². The van der Waals surface area contributed by atoms with Crippen molar-refractivity contribution >= 4 is 28.8 Å². The molecule has 0 spiro atoms. The van der Waals surface area contributed by atoms with Crippen molar-refractivity contribution in [2.45, 2.75) is 62.4 Å². The minimum absolute atomic E-state index is 0.0444. The summed E-state index contributed by atoms with van der Waals surface area (Å²) in [6.07, 6.45) is 1.04. The third kappa shape index (κ3) is 6.75. The first kappa shape index (κ1) is 33.4. The molecule has 4 N–H and O–H groups in total. The number of anilines is 2. The number of imidazole rings is 1. The number of aliphatic hydroxyl groups is 2. The van der Waals surface area contributed by atoms with Gasteiger partial charge in [-0.3, -0.25) is 4.79 Å². The molecular formula is C35H46N8O5. The van der Waals surface area contributed by atoms with E-state index in [1.54, 1.807) is 27.5 Å². The highest BCUT2D eigenvalue weighted by molar-refractivity contribution is 5.84. The summed E-state index contributed by atoms with van der Waals surface area (Å²) in [4.78, 5) is 31.3. The van der Waals surface area contributed by atoms with Crippen molar-refractivity contribution in [2.24, 2.45) is 0 Å². The van der Waals surface area contributed by atoms with E-state index in [-0.39, 0.29) is 11.8 Å². The van der Waals surface area contributed by atoms with Gasteiger partial charge in [0.25, 0.3) is 0 Å². The molecule has 6 rings (SSSR count). The summed E-state index contributed by atoms with van der Waals surface area (Å²) in [5.74, 6) is 2.50. The van der Waals surface area contributed by atoms with Gasteiger partial charge < -0.3 is 44.7 Å². The Morgan fingerprint density at radius 3 is 2.21 bits per heavy atom. The van der Waals surface area contributed by atoms with E-state index in [1.807, 2.05) is 28.8 Å². The lowest BCUT2D eigenvalue weighted by atomic mass is 9.91. The number of rotatable bonds is 12. The molecule has 0 bridgehead atoms. The molecule has 2 aliphatic rings. The van der Waals surface area contributed by atoms with Crippen LogP contribution in [0.15, 0.2) is 54.9 Å². The average molecular weight is 659 g/mol. The van der Waals surface area contributed by atoms with Crippen molar-refractivity contribution in [1.82, 2.24) is 29.7 Å². The molecule has 256 valence electrons. The molecule has 3 heterocycles. The molecule has 2 fully saturated rings. The van der Waals surface area contributed by atoms with Crippen molar-refractivity contribution in [3.05, 3.63) is 66.0 Å². The Labute approximate surface area is 280 Å². The number of ether oxygens (including phenoxy) is 2. The van der Waals surface area contributed by atoms with Crippen LogP contribution in [0.25, 0.3) is 11.2 Å². The fourth-order valence-electron chi connectivity index (χ4n) is 6.79. The van der Waals surface area contributed by atoms with E-state index in [9.17, 15) is 15.0 Å². The summed E-state index contributed by atoms with van der Waals surface area (Å²) in [5.41, 5.74) is 3.32. The molecule has 0 unspecified atom stereocenters. The number of carbonyl (C=O) groups excluding carboxylic acids is 1. The van der Waals surface area contributed by atoms with Gasteiger partial charge >= 0.3 is 0 Å². The number of aliphatic hydroxyl groups excluding tert-OH is 2. The molecule has 1 saturated carbocycles. The van der Waals surface area contributed by atoms with Gasteiger partial charge in [0.2, 0.25) is 11.9 Å². The Morgan fingerprint density at radius 2 is 1.65 bits per heavy atom. The maximum atomic E-state index is 12.2. The number of benzene rings is 2. The summed E-state index contributed by atoms with van der Waals surface area (Å²) in [6.45, 7) is 3.85. The van der Waals surface area contributed by atoms with Gasteiger partial charge in [-0.2, -0.15) is 9.97 Å². The Hall–Kier alpha value is -4.46. The summed E-state index contributed by atoms with van der Waals surface area (Å²) in [5, 5.41) is 28.5. The zero-order valence-corrected chi connectivity index (χ0v) is 28.2. The average Bonchev–Trinajstić information content (AvgIpc) is 3.84. The minimum atomic E-state index is -1.11. The fourth-order valence-corrected chi connectivity index (χ4v) is 6.79. The second-order valence-electron chi connectivity index (χ2n) is 12.8. The maximum absolute atomic E-state index is 12.2. The predicted molar refractivity (Wildman–Crippen MR) is 184 cm³/mol. The molecule has 1 saturated heterocycles. The van der Waals surface area contributed by atoms with Crippen LogP contribution in [-0.4, -0.2) is 113 Å². The number of nitrogens with one attached hydrogen (secondary N) is 2. The summed E-state index contributed by atoms with van der Waals surface area (Å²) < 4.78 is 12.7. The van der Waals surface area contributed by atoms with Crippen molar-refractivity contribution in [2.75, 3.05) is 58.2 Å². The molecule has 13 heteroatoms. The number of hydrogen-bond donors (Lipinski definition) is 4. The van der Waals surface area contributed by atoms with Gasteiger partial charge in [-0.25, -0.2) is 4.98 Å². The van der Waals surface area contributed by atoms with E-state index in [4.69, 9.17) is 24.4 Å². The lowest BCUT2D eigenvalue weighted by Crippen LogP contribution is -2.42. The number of hydrogen-bond acceptors (Lipinski definition) is 11. The van der Waals surface area contributed by atoms with E-state index in [0.29, 0.717) is 48.4 Å². The third-order valence-corrected chi connectivity index (χ3v) is 9.77. The molecule has 1 amide bonds. The predicted octanol–water partition coefficient (Wildman–Crippen LogP) is 2.79. The van der Waals surface area contributed by atoms with Crippen molar-refractivity contribution in [1.29, 1.82) is 0 Å². The highest BCUT2D eigenvalue weighted by Gasteiger charge is 2.44. The fraction of sp³-hybridized carbons (Fsp3) is 0.486. The molecule has 13 nitrogen and oxygen atoms in total. The molecule has 5 atom stereocenters. The smallest absolute Gasteiger partial charge is 0.229 e. The van der Waals surface area contributed by atoms with Gasteiger partial charge in [0.15, 0.2) is 17.0 Å². The van der Waals surface area contributed by atoms with E-state index in [1.165, 1.54) is 0 Å². The number of fused-ring (bicyclic) bond motifs is 1. The first-order chi connectivity index (χ1) is 23.2. The van der Waals surface area contributed by atoms with Crippen LogP contribution in [0.2, 0.25) is 0 Å². The highest BCUT2D eigenvalue weighted by atomic mass is 16.5. The lowest BCUT2D eigenvalue weighted by Gasteiger charge is -2.23. The second kappa shape index (κ2) is 14.3. The van der Waals surface area contributed by atoms with Crippen LogP contribution >= 0.6 is 0 Å². The number of methoxy groups -OCH3 is 2. The number of nitrogens with zero attached hydrogens (tertiary/aromatic N) is 6. The molecule has 0 radical (unpaired) electrons. The summed E-state index contributed by atoms with van der Waals surface area (Å²) in [7, 11) is 7.48. The van der Waals surface area contributed by atoms with E-state index in [0.717, 1.165) is 42.1 Å². The SMILES string of the molecule is CCC(=O)N[C@H]1C[C@@H](n2cnc3c(NCC(c4ccc(OC)cc4)c4ccc(OC)cc4)nc(N4CC[C@@H](N(C)C)C4)nc32)[C@H](O)[C@@H]1O.